The van der Waals surface area contributed by atoms with Crippen LogP contribution in [0.25, 0.3) is 16.5 Å². The average Bonchev–Trinajstić information content (AvgIpc) is 3.63. The van der Waals surface area contributed by atoms with Crippen LogP contribution < -0.4 is 5.32 Å². The molecule has 0 spiro atoms. The van der Waals surface area contributed by atoms with Gasteiger partial charge in [-0.25, -0.2) is 0 Å². The van der Waals surface area contributed by atoms with Gasteiger partial charge in [-0.05, 0) is 77.3 Å². The summed E-state index contributed by atoms with van der Waals surface area (Å²) < 4.78 is 7.56. The molecule has 5 aliphatic rings. The molecule has 3 N–H and O–H groups in total. The summed E-state index contributed by atoms with van der Waals surface area (Å²) in [4.78, 5) is 38.1. The number of amides is 2. The standard InChI is InChI=1S/C33H42BrN5O4/c1-17(2)13-25-19(5)38-12-8-11-27(38)33(42)39(25)31(41)32(43-33,18(3)4)36-30(40)20-14-22-21-9-7-10-24-28(21)23(29(34)35-24)15-26(22)37(6)16-20/h7,9-10,14,17-18,20,25-27,35,42H,5,8,11-13,15-16H2,1-4,6H3,(H,36,40)/t20-,25+,26-,27+,32-,33+/m1/s1. The minimum absolute atomic E-state index is 0.142. The molecule has 230 valence electrons. The van der Waals surface area contributed by atoms with Crippen molar-refractivity contribution in [1.29, 1.82) is 0 Å². The van der Waals surface area contributed by atoms with E-state index in [4.69, 9.17) is 4.74 Å². The number of benzene rings is 1. The van der Waals surface area contributed by atoms with E-state index in [1.165, 1.54) is 15.8 Å². The highest BCUT2D eigenvalue weighted by Crippen LogP contribution is 2.50. The number of H-pyrrole nitrogens is 1. The summed E-state index contributed by atoms with van der Waals surface area (Å²) in [6.45, 7) is 13.6. The van der Waals surface area contributed by atoms with E-state index < -0.39 is 41.5 Å². The van der Waals surface area contributed by atoms with Gasteiger partial charge in [-0.1, -0.05) is 52.5 Å². The Balaban J connectivity index is 1.25. The number of piperazine rings is 1. The number of nitrogens with one attached hydrogen (secondary N) is 2. The predicted octanol–water partition coefficient (Wildman–Crippen LogP) is 4.18. The highest BCUT2D eigenvalue weighted by molar-refractivity contribution is 9.10. The van der Waals surface area contributed by atoms with Gasteiger partial charge < -0.3 is 20.3 Å². The first-order valence-corrected chi connectivity index (χ1v) is 16.4. The number of rotatable bonds is 5. The Kier molecular flexibility index (Phi) is 6.71. The van der Waals surface area contributed by atoms with Crippen LogP contribution in [0.4, 0.5) is 0 Å². The monoisotopic (exact) mass is 651 g/mol. The summed E-state index contributed by atoms with van der Waals surface area (Å²) in [5.74, 6) is -3.18. The van der Waals surface area contributed by atoms with E-state index in [1.54, 1.807) is 0 Å². The second kappa shape index (κ2) is 9.92. The van der Waals surface area contributed by atoms with Gasteiger partial charge in [-0.2, -0.15) is 0 Å². The van der Waals surface area contributed by atoms with Crippen LogP contribution in [0.5, 0.6) is 0 Å². The highest BCUT2D eigenvalue weighted by atomic mass is 79.9. The van der Waals surface area contributed by atoms with Gasteiger partial charge in [0.25, 0.3) is 11.8 Å². The van der Waals surface area contributed by atoms with Crippen LogP contribution in [0.3, 0.4) is 0 Å². The van der Waals surface area contributed by atoms with E-state index in [0.29, 0.717) is 19.4 Å². The summed E-state index contributed by atoms with van der Waals surface area (Å²) in [5.41, 5.74) is 3.73. The fourth-order valence-electron chi connectivity index (χ4n) is 8.30. The Morgan fingerprint density at radius 1 is 1.30 bits per heavy atom. The molecule has 43 heavy (non-hydrogen) atoms. The lowest BCUT2D eigenvalue weighted by Crippen LogP contribution is -2.67. The molecule has 0 saturated carbocycles. The van der Waals surface area contributed by atoms with Crippen molar-refractivity contribution in [3.63, 3.8) is 0 Å². The Hall–Kier alpha value is -2.66. The highest BCUT2D eigenvalue weighted by Gasteiger charge is 2.70. The van der Waals surface area contributed by atoms with E-state index in [0.717, 1.165) is 46.3 Å². The fraction of sp³-hybridized carbons (Fsp3) is 0.576. The molecule has 1 aromatic carbocycles. The van der Waals surface area contributed by atoms with Crippen molar-refractivity contribution < 1.29 is 19.4 Å². The van der Waals surface area contributed by atoms with Crippen LogP contribution >= 0.6 is 15.9 Å². The molecule has 7 rings (SSSR count). The molecule has 2 amide bonds. The maximum atomic E-state index is 14.5. The molecule has 0 unspecified atom stereocenters. The predicted molar refractivity (Wildman–Crippen MR) is 168 cm³/mol. The summed E-state index contributed by atoms with van der Waals surface area (Å²) in [6.07, 6.45) is 5.12. The van der Waals surface area contributed by atoms with Crippen molar-refractivity contribution in [2.24, 2.45) is 17.8 Å². The molecular weight excluding hydrogens is 610 g/mol. The van der Waals surface area contributed by atoms with Crippen LogP contribution in [0.1, 0.15) is 58.1 Å². The quantitative estimate of drug-likeness (QED) is 0.449. The van der Waals surface area contributed by atoms with Crippen LogP contribution in [-0.2, 0) is 20.7 Å². The van der Waals surface area contributed by atoms with Gasteiger partial charge in [0.15, 0.2) is 0 Å². The van der Waals surface area contributed by atoms with Crippen molar-refractivity contribution in [2.75, 3.05) is 20.1 Å². The van der Waals surface area contributed by atoms with Gasteiger partial charge in [0.05, 0.1) is 16.6 Å². The Bertz CT molecular complexity index is 1570. The number of hydrogen-bond acceptors (Lipinski definition) is 6. The smallest absolute Gasteiger partial charge is 0.281 e. The van der Waals surface area contributed by atoms with Crippen LogP contribution in [0.15, 0.2) is 41.2 Å². The number of aromatic amines is 1. The van der Waals surface area contributed by atoms with Crippen LogP contribution in [-0.4, -0.2) is 86.5 Å². The molecule has 1 aromatic heterocycles. The van der Waals surface area contributed by atoms with Gasteiger partial charge in [0.2, 0.25) is 11.6 Å². The molecular formula is C33H42BrN5O4. The van der Waals surface area contributed by atoms with E-state index in [1.807, 2.05) is 19.9 Å². The molecule has 10 heteroatoms. The number of halogens is 1. The third-order valence-electron chi connectivity index (χ3n) is 10.4. The van der Waals surface area contributed by atoms with Crippen molar-refractivity contribution in [1.82, 2.24) is 25.0 Å². The van der Waals surface area contributed by atoms with Gasteiger partial charge in [-0.3, -0.25) is 24.1 Å². The van der Waals surface area contributed by atoms with Gasteiger partial charge in [0.1, 0.15) is 6.04 Å². The number of aliphatic hydroxyl groups is 1. The first-order chi connectivity index (χ1) is 20.4. The number of nitrogens with zero attached hydrogens (tertiary/aromatic N) is 3. The lowest BCUT2D eigenvalue weighted by molar-refractivity contribution is -0.322. The second-order valence-electron chi connectivity index (χ2n) is 13.8. The van der Waals surface area contributed by atoms with E-state index in [2.05, 4.69) is 81.7 Å². The van der Waals surface area contributed by atoms with E-state index in [9.17, 15) is 14.7 Å². The lowest BCUT2D eigenvalue weighted by atomic mass is 9.79. The van der Waals surface area contributed by atoms with Gasteiger partial charge in [-0.15, -0.1) is 0 Å². The van der Waals surface area contributed by atoms with Gasteiger partial charge in [0, 0.05) is 41.6 Å². The van der Waals surface area contributed by atoms with Crippen molar-refractivity contribution in [3.8, 4) is 0 Å². The fourth-order valence-corrected chi connectivity index (χ4v) is 8.87. The molecule has 3 saturated heterocycles. The van der Waals surface area contributed by atoms with Crippen LogP contribution in [0, 0.1) is 17.8 Å². The number of fused-ring (bicyclic) bond motifs is 5. The minimum Gasteiger partial charge on any atom is -0.363 e. The molecule has 0 bridgehead atoms. The summed E-state index contributed by atoms with van der Waals surface area (Å²) >= 11 is 3.71. The molecule has 4 aliphatic heterocycles. The first-order valence-electron chi connectivity index (χ1n) is 15.6. The lowest BCUT2D eigenvalue weighted by Gasteiger charge is -2.51. The normalized spacial score (nSPS) is 33.7. The van der Waals surface area contributed by atoms with E-state index >= 15 is 0 Å². The largest absolute Gasteiger partial charge is 0.363 e. The topological polar surface area (TPSA) is 101 Å². The number of aromatic nitrogens is 1. The second-order valence-corrected chi connectivity index (χ2v) is 14.6. The zero-order valence-electron chi connectivity index (χ0n) is 25.6. The number of likely N-dealkylation sites (N-methyl/N-ethyl adjacent to an activating group) is 1. The first kappa shape index (κ1) is 29.1. The Labute approximate surface area is 261 Å². The SMILES string of the molecule is C=C1[C@H](CC(C)C)N2C(=O)[C@@](NC(=O)[C@@H]3C=C4c5cccc6[nH]c(Br)c(c56)C[C@H]4N(C)C3)(C(C)C)O[C@@]2(O)[C@@H]2CCCN12. The van der Waals surface area contributed by atoms with Crippen molar-refractivity contribution >= 4 is 44.2 Å². The molecule has 0 radical (unpaired) electrons. The number of hydrogen-bond donors (Lipinski definition) is 3. The maximum absolute atomic E-state index is 14.5. The number of carbonyl (C=O) groups is 2. The maximum Gasteiger partial charge on any atom is 0.281 e. The molecule has 9 nitrogen and oxygen atoms in total. The summed E-state index contributed by atoms with van der Waals surface area (Å²) in [7, 11) is 2.05. The number of carbonyl (C=O) groups excluding carboxylic acids is 2. The molecule has 5 heterocycles. The molecule has 2 aromatic rings. The zero-order valence-corrected chi connectivity index (χ0v) is 27.2. The molecule has 6 atom stereocenters. The molecule has 3 fully saturated rings. The zero-order chi connectivity index (χ0) is 30.6. The average molecular weight is 653 g/mol. The summed E-state index contributed by atoms with van der Waals surface area (Å²) in [5, 5.41) is 16.5. The number of ether oxygens (including phenoxy) is 1. The van der Waals surface area contributed by atoms with Crippen molar-refractivity contribution in [2.45, 2.75) is 83.1 Å². The summed E-state index contributed by atoms with van der Waals surface area (Å²) in [6, 6.07) is 5.55. The third kappa shape index (κ3) is 4.05. The van der Waals surface area contributed by atoms with Crippen LogP contribution in [0.2, 0.25) is 0 Å². The Morgan fingerprint density at radius 3 is 2.79 bits per heavy atom. The van der Waals surface area contributed by atoms with Crippen molar-refractivity contribution in [3.05, 3.63) is 52.3 Å². The van der Waals surface area contributed by atoms with E-state index in [-0.39, 0.29) is 17.9 Å². The third-order valence-corrected chi connectivity index (χ3v) is 11.1. The Morgan fingerprint density at radius 2 is 2.07 bits per heavy atom. The van der Waals surface area contributed by atoms with Gasteiger partial charge >= 0.3 is 0 Å². The molecule has 1 aliphatic carbocycles. The minimum atomic E-state index is -1.85.